The van der Waals surface area contributed by atoms with Crippen LogP contribution < -0.4 is 5.11 Å². The largest absolute Gasteiger partial charge is 0.545 e. The average molecular weight is 1050 g/mol. The molecule has 2 unspecified atom stereocenters. The van der Waals surface area contributed by atoms with E-state index in [0.717, 1.165) is 89.9 Å². The Morgan fingerprint density at radius 2 is 0.720 bits per heavy atom. The molecule has 0 amide bonds. The van der Waals surface area contributed by atoms with Gasteiger partial charge in [0.15, 0.2) is 12.4 Å². The maximum atomic E-state index is 12.9. The Labute approximate surface area is 460 Å². The zero-order chi connectivity index (χ0) is 54.8. The fraction of sp³-hybridized carbons (Fsp3) is 0.682. The van der Waals surface area contributed by atoms with Gasteiger partial charge in [0.2, 0.25) is 0 Å². The lowest BCUT2D eigenvalue weighted by Crippen LogP contribution is -2.44. The third-order valence-corrected chi connectivity index (χ3v) is 12.5. The van der Waals surface area contributed by atoms with Gasteiger partial charge in [0.1, 0.15) is 13.2 Å². The second-order valence-corrected chi connectivity index (χ2v) is 20.9. The number of carbonyl (C=O) groups is 3. The van der Waals surface area contributed by atoms with E-state index in [9.17, 15) is 19.5 Å². The number of ether oxygens (including phenoxy) is 4. The van der Waals surface area contributed by atoms with Crippen LogP contribution in [0.3, 0.4) is 0 Å². The molecule has 0 aromatic carbocycles. The van der Waals surface area contributed by atoms with Gasteiger partial charge in [0.25, 0.3) is 0 Å². The quantitative estimate of drug-likeness (QED) is 0.0195. The number of esters is 2. The van der Waals surface area contributed by atoms with Gasteiger partial charge in [-0.05, 0) is 96.3 Å². The average Bonchev–Trinajstić information content (AvgIpc) is 3.38. The minimum atomic E-state index is -1.63. The number of unbranched alkanes of at least 4 members (excludes halogenated alkanes) is 21. The number of nitrogens with zero attached hydrogens (tertiary/aromatic N) is 1. The number of aliphatic carboxylic acids is 1. The molecule has 0 heterocycles. The highest BCUT2D eigenvalue weighted by Crippen LogP contribution is 2.16. The minimum absolute atomic E-state index is 0.137. The second-order valence-electron chi connectivity index (χ2n) is 20.9. The van der Waals surface area contributed by atoms with Crippen molar-refractivity contribution in [3.05, 3.63) is 109 Å². The highest BCUT2D eigenvalue weighted by atomic mass is 16.7. The van der Waals surface area contributed by atoms with Crippen LogP contribution >= 0.6 is 0 Å². The second kappa shape index (κ2) is 56.2. The lowest BCUT2D eigenvalue weighted by Gasteiger charge is -2.26. The number of allylic oxidation sites excluding steroid dienone is 18. The van der Waals surface area contributed by atoms with Gasteiger partial charge < -0.3 is 33.3 Å². The summed E-state index contributed by atoms with van der Waals surface area (Å²) in [4.78, 5) is 37.2. The zero-order valence-corrected chi connectivity index (χ0v) is 48.6. The summed E-state index contributed by atoms with van der Waals surface area (Å²) in [5, 5.41) is 11.8. The Morgan fingerprint density at radius 1 is 0.400 bits per heavy atom. The molecule has 0 fully saturated rings. The van der Waals surface area contributed by atoms with E-state index in [1.807, 2.05) is 21.1 Å². The molecule has 0 aliphatic heterocycles. The van der Waals surface area contributed by atoms with E-state index < -0.39 is 30.3 Å². The SMILES string of the molecule is CC/C=C\C/C=C\C/C=C\C/C=C\C/C=C\CCCCCCCCCCCCCCCCCCCCCC(=O)OC(COC(=O)CCCC/C=C\C/C=C\C/C=C\C/C=C\CC)COC(OCC[N+](C)(C)C)C(=O)[O-]. The lowest BCUT2D eigenvalue weighted by atomic mass is 10.0. The number of quaternary nitrogens is 1. The monoisotopic (exact) mass is 1050 g/mol. The van der Waals surface area contributed by atoms with Crippen LogP contribution in [0.5, 0.6) is 0 Å². The highest BCUT2D eigenvalue weighted by Gasteiger charge is 2.22. The van der Waals surface area contributed by atoms with E-state index in [-0.39, 0.29) is 32.7 Å². The van der Waals surface area contributed by atoms with Crippen LogP contribution in [0.25, 0.3) is 0 Å². The van der Waals surface area contributed by atoms with Gasteiger partial charge in [-0.3, -0.25) is 9.59 Å². The molecule has 0 saturated heterocycles. The van der Waals surface area contributed by atoms with Gasteiger partial charge in [-0.15, -0.1) is 0 Å². The first-order chi connectivity index (χ1) is 36.6. The molecule has 428 valence electrons. The lowest BCUT2D eigenvalue weighted by molar-refractivity contribution is -0.870. The van der Waals surface area contributed by atoms with Crippen molar-refractivity contribution in [2.24, 2.45) is 0 Å². The van der Waals surface area contributed by atoms with E-state index in [2.05, 4.69) is 123 Å². The molecule has 0 radical (unpaired) electrons. The number of hydrogen-bond donors (Lipinski definition) is 0. The number of carboxylic acids is 1. The summed E-state index contributed by atoms with van der Waals surface area (Å²) in [5.41, 5.74) is 0. The van der Waals surface area contributed by atoms with Crippen molar-refractivity contribution in [2.45, 2.75) is 245 Å². The third kappa shape index (κ3) is 57.5. The van der Waals surface area contributed by atoms with Crippen LogP contribution in [0.2, 0.25) is 0 Å². The Hall–Kier alpha value is -4.05. The Bertz CT molecular complexity index is 1590. The normalized spacial score (nSPS) is 13.6. The molecule has 0 N–H and O–H groups in total. The smallest absolute Gasteiger partial charge is 0.306 e. The van der Waals surface area contributed by atoms with Gasteiger partial charge in [-0.25, -0.2) is 0 Å². The Kier molecular flexibility index (Phi) is 53.1. The number of rotatable bonds is 54. The van der Waals surface area contributed by atoms with Crippen molar-refractivity contribution in [2.75, 3.05) is 47.5 Å². The maximum absolute atomic E-state index is 12.9. The molecule has 0 aliphatic rings. The number of likely N-dealkylation sites (N-methyl/N-ethyl adjacent to an activating group) is 1. The summed E-state index contributed by atoms with van der Waals surface area (Å²) in [5.74, 6) is -2.34. The van der Waals surface area contributed by atoms with E-state index >= 15 is 0 Å². The molecule has 75 heavy (non-hydrogen) atoms. The Balaban J connectivity index is 4.11. The van der Waals surface area contributed by atoms with Crippen molar-refractivity contribution in [3.8, 4) is 0 Å². The molecule has 0 saturated carbocycles. The van der Waals surface area contributed by atoms with Gasteiger partial charge >= 0.3 is 11.9 Å². The molecule has 9 nitrogen and oxygen atoms in total. The molecular weight excluding hydrogens is 935 g/mol. The summed E-state index contributed by atoms with van der Waals surface area (Å²) in [6.07, 6.45) is 74.5. The van der Waals surface area contributed by atoms with E-state index in [4.69, 9.17) is 18.9 Å². The van der Waals surface area contributed by atoms with E-state index in [1.165, 1.54) is 103 Å². The molecule has 0 aromatic heterocycles. The molecule has 0 aliphatic carbocycles. The Morgan fingerprint density at radius 3 is 1.09 bits per heavy atom. The molecule has 0 spiro atoms. The van der Waals surface area contributed by atoms with Gasteiger partial charge in [-0.1, -0.05) is 232 Å². The first kappa shape index (κ1) is 71.0. The highest BCUT2D eigenvalue weighted by molar-refractivity contribution is 5.70. The van der Waals surface area contributed by atoms with Gasteiger partial charge in [-0.2, -0.15) is 0 Å². The predicted molar refractivity (Wildman–Crippen MR) is 315 cm³/mol. The number of carboxylic acid groups (broad SMARTS) is 1. The maximum Gasteiger partial charge on any atom is 0.306 e. The van der Waals surface area contributed by atoms with Crippen LogP contribution in [0.15, 0.2) is 109 Å². The molecule has 2 atom stereocenters. The summed E-state index contributed by atoms with van der Waals surface area (Å²) in [7, 11) is 5.90. The molecule has 9 heteroatoms. The fourth-order valence-electron chi connectivity index (χ4n) is 7.97. The standard InChI is InChI=1S/C66H111NO8/c1-6-8-10-12-14-16-18-20-22-23-24-25-26-27-28-29-30-31-32-33-34-35-36-37-38-39-40-41-43-45-47-49-51-53-55-57-64(69)75-62(61-74-66(65(70)71)72-59-58-67(3,4)5)60-73-63(68)56-54-52-50-48-46-44-42-21-19-17-15-13-11-9-7-2/h8-11,14-17,20-22,24-25,27-28,42,46,48,62,66H,6-7,12-13,18-19,23,26,29-41,43-45,47,49-61H2,1-5H3/b10-8-,11-9-,16-14-,17-15-,22-20-,25-24-,28-27-,42-21-,48-46-. The molecule has 0 bridgehead atoms. The topological polar surface area (TPSA) is 111 Å². The van der Waals surface area contributed by atoms with E-state index in [1.54, 1.807) is 0 Å². The molecule has 0 aromatic rings. The minimum Gasteiger partial charge on any atom is -0.545 e. The van der Waals surface area contributed by atoms with Crippen LogP contribution in [-0.2, 0) is 33.3 Å². The summed E-state index contributed by atoms with van der Waals surface area (Å²) >= 11 is 0. The van der Waals surface area contributed by atoms with Crippen LogP contribution in [-0.4, -0.2) is 82.3 Å². The number of carbonyl (C=O) groups excluding carboxylic acids is 3. The van der Waals surface area contributed by atoms with Crippen LogP contribution in [0.4, 0.5) is 0 Å². The first-order valence-electron chi connectivity index (χ1n) is 30.0. The summed E-state index contributed by atoms with van der Waals surface area (Å²) in [6.45, 7) is 4.47. The summed E-state index contributed by atoms with van der Waals surface area (Å²) in [6, 6.07) is 0. The fourth-order valence-corrected chi connectivity index (χ4v) is 7.97. The van der Waals surface area contributed by atoms with Crippen molar-refractivity contribution >= 4 is 17.9 Å². The van der Waals surface area contributed by atoms with Crippen molar-refractivity contribution < 1.29 is 42.9 Å². The molecular formula is C66H111NO8. The zero-order valence-electron chi connectivity index (χ0n) is 48.6. The van der Waals surface area contributed by atoms with Gasteiger partial charge in [0, 0.05) is 12.8 Å². The van der Waals surface area contributed by atoms with Crippen molar-refractivity contribution in [1.82, 2.24) is 0 Å². The molecule has 0 rings (SSSR count). The van der Waals surface area contributed by atoms with Crippen molar-refractivity contribution in [3.63, 3.8) is 0 Å². The first-order valence-corrected chi connectivity index (χ1v) is 30.0. The summed E-state index contributed by atoms with van der Waals surface area (Å²) < 4.78 is 22.6. The van der Waals surface area contributed by atoms with Crippen LogP contribution in [0.1, 0.15) is 232 Å². The number of hydrogen-bond acceptors (Lipinski definition) is 8. The van der Waals surface area contributed by atoms with Crippen molar-refractivity contribution in [1.29, 1.82) is 0 Å². The van der Waals surface area contributed by atoms with Crippen LogP contribution in [0, 0.1) is 0 Å². The predicted octanol–water partition coefficient (Wildman–Crippen LogP) is 16.6. The third-order valence-electron chi connectivity index (χ3n) is 12.5. The van der Waals surface area contributed by atoms with Gasteiger partial charge in [0.05, 0.1) is 40.3 Å². The van der Waals surface area contributed by atoms with E-state index in [0.29, 0.717) is 23.9 Å².